The molecule has 0 unspecified atom stereocenters. The number of aromatic nitrogens is 2. The fourth-order valence-corrected chi connectivity index (χ4v) is 2.38. The first-order chi connectivity index (χ1) is 8.54. The summed E-state index contributed by atoms with van der Waals surface area (Å²) < 4.78 is 2.60. The first-order valence-electron chi connectivity index (χ1n) is 5.81. The molecule has 0 atom stereocenters. The van der Waals surface area contributed by atoms with Crippen molar-refractivity contribution in [3.63, 3.8) is 0 Å². The molecule has 2 rings (SSSR count). The largest absolute Gasteiger partial charge is 0.384 e. The second-order valence-corrected chi connectivity index (χ2v) is 5.48. The van der Waals surface area contributed by atoms with Gasteiger partial charge in [0.2, 0.25) is 0 Å². The number of nitrogens with zero attached hydrogens (tertiary/aromatic N) is 2. The molecule has 0 saturated heterocycles. The van der Waals surface area contributed by atoms with Crippen molar-refractivity contribution >= 4 is 33.3 Å². The molecule has 0 bridgehead atoms. The molecular weight excluding hydrogens is 314 g/mol. The third-order valence-electron chi connectivity index (χ3n) is 2.89. The Balaban J connectivity index is 2.55. The van der Waals surface area contributed by atoms with Crippen molar-refractivity contribution in [2.24, 2.45) is 7.05 Å². The Hall–Kier alpha value is -1.00. The molecule has 1 aromatic carbocycles. The number of anilines is 1. The van der Waals surface area contributed by atoms with E-state index in [0.29, 0.717) is 5.02 Å². The van der Waals surface area contributed by atoms with E-state index in [4.69, 9.17) is 17.3 Å². The molecule has 18 heavy (non-hydrogen) atoms. The van der Waals surface area contributed by atoms with Crippen LogP contribution in [0.25, 0.3) is 11.3 Å². The van der Waals surface area contributed by atoms with Crippen LogP contribution in [0.4, 0.5) is 5.82 Å². The minimum atomic E-state index is 0.680. The molecule has 0 saturated carbocycles. The van der Waals surface area contributed by atoms with Gasteiger partial charge >= 0.3 is 0 Å². The summed E-state index contributed by atoms with van der Waals surface area (Å²) in [5, 5.41) is 5.17. The lowest BCUT2D eigenvalue weighted by molar-refractivity contribution is 0.781. The third-order valence-corrected chi connectivity index (χ3v) is 4.12. The quantitative estimate of drug-likeness (QED) is 0.924. The highest BCUT2D eigenvalue weighted by atomic mass is 79.9. The molecule has 0 aliphatic carbocycles. The van der Waals surface area contributed by atoms with Crippen LogP contribution in [0, 0.1) is 0 Å². The lowest BCUT2D eigenvalue weighted by atomic mass is 10.0. The van der Waals surface area contributed by atoms with Crippen molar-refractivity contribution in [3.8, 4) is 11.3 Å². The van der Waals surface area contributed by atoms with Crippen LogP contribution in [0.2, 0.25) is 5.02 Å². The normalized spacial score (nSPS) is 10.9. The molecule has 1 heterocycles. The Morgan fingerprint density at radius 3 is 2.78 bits per heavy atom. The first kappa shape index (κ1) is 13.4. The van der Waals surface area contributed by atoms with E-state index in [9.17, 15) is 0 Å². The summed E-state index contributed by atoms with van der Waals surface area (Å²) in [7, 11) is 1.86. The summed E-state index contributed by atoms with van der Waals surface area (Å²) in [5.74, 6) is 0.728. The van der Waals surface area contributed by atoms with E-state index in [1.807, 2.05) is 25.2 Å². The van der Waals surface area contributed by atoms with Crippen LogP contribution in [0.1, 0.15) is 18.9 Å². The minimum Gasteiger partial charge on any atom is -0.384 e. The van der Waals surface area contributed by atoms with E-state index in [1.54, 1.807) is 4.68 Å². The van der Waals surface area contributed by atoms with Crippen LogP contribution in [0.15, 0.2) is 22.7 Å². The predicted octanol–water partition coefficient (Wildman–Crippen LogP) is 4.04. The van der Waals surface area contributed by atoms with Crippen LogP contribution in [0.5, 0.6) is 0 Å². The van der Waals surface area contributed by atoms with Crippen LogP contribution < -0.4 is 5.73 Å². The fraction of sp³-hybridized carbons (Fsp3) is 0.308. The molecule has 2 N–H and O–H groups in total. The maximum Gasteiger partial charge on any atom is 0.125 e. The molecule has 1 aromatic heterocycles. The number of nitrogens with two attached hydrogens (primary N) is 1. The number of halogens is 2. The lowest BCUT2D eigenvalue weighted by Gasteiger charge is -2.04. The number of nitrogen functional groups attached to an aromatic ring is 1. The summed E-state index contributed by atoms with van der Waals surface area (Å²) in [6, 6.07) is 5.84. The van der Waals surface area contributed by atoms with Crippen molar-refractivity contribution in [2.45, 2.75) is 19.8 Å². The van der Waals surface area contributed by atoms with Gasteiger partial charge in [0.05, 0.1) is 10.7 Å². The van der Waals surface area contributed by atoms with Gasteiger partial charge in [-0.3, -0.25) is 4.68 Å². The van der Waals surface area contributed by atoms with E-state index in [-0.39, 0.29) is 0 Å². The zero-order valence-corrected chi connectivity index (χ0v) is 12.7. The van der Waals surface area contributed by atoms with Gasteiger partial charge in [-0.1, -0.05) is 31.0 Å². The van der Waals surface area contributed by atoms with Crippen LogP contribution in [0.3, 0.4) is 0 Å². The Morgan fingerprint density at radius 2 is 2.17 bits per heavy atom. The summed E-state index contributed by atoms with van der Waals surface area (Å²) in [5.41, 5.74) is 9.07. The second kappa shape index (κ2) is 5.33. The van der Waals surface area contributed by atoms with Crippen LogP contribution in [-0.2, 0) is 13.5 Å². The van der Waals surface area contributed by atoms with E-state index in [0.717, 1.165) is 40.0 Å². The molecule has 2 aromatic rings. The topological polar surface area (TPSA) is 43.8 Å². The van der Waals surface area contributed by atoms with E-state index >= 15 is 0 Å². The molecule has 96 valence electrons. The predicted molar refractivity (Wildman–Crippen MR) is 79.8 cm³/mol. The van der Waals surface area contributed by atoms with Gasteiger partial charge in [0, 0.05) is 22.6 Å². The smallest absolute Gasteiger partial charge is 0.125 e. The third kappa shape index (κ3) is 2.40. The van der Waals surface area contributed by atoms with Crippen molar-refractivity contribution in [1.29, 1.82) is 0 Å². The number of benzene rings is 1. The Kier molecular flexibility index (Phi) is 3.97. The van der Waals surface area contributed by atoms with Gasteiger partial charge < -0.3 is 5.73 Å². The molecule has 0 aliphatic rings. The highest BCUT2D eigenvalue weighted by molar-refractivity contribution is 9.10. The van der Waals surface area contributed by atoms with Crippen LogP contribution >= 0.6 is 27.5 Å². The Bertz CT molecular complexity index is 578. The first-order valence-corrected chi connectivity index (χ1v) is 6.98. The van der Waals surface area contributed by atoms with Crippen molar-refractivity contribution in [3.05, 3.63) is 33.3 Å². The fourth-order valence-electron chi connectivity index (χ4n) is 1.95. The zero-order chi connectivity index (χ0) is 13.3. The van der Waals surface area contributed by atoms with Crippen molar-refractivity contribution in [2.75, 3.05) is 5.73 Å². The van der Waals surface area contributed by atoms with E-state index < -0.39 is 0 Å². The molecule has 0 spiro atoms. The molecule has 3 nitrogen and oxygen atoms in total. The van der Waals surface area contributed by atoms with E-state index in [2.05, 4.69) is 28.0 Å². The lowest BCUT2D eigenvalue weighted by Crippen LogP contribution is -1.99. The monoisotopic (exact) mass is 327 g/mol. The highest BCUT2D eigenvalue weighted by Gasteiger charge is 2.15. The van der Waals surface area contributed by atoms with Gasteiger partial charge in [-0.25, -0.2) is 0 Å². The Morgan fingerprint density at radius 1 is 1.44 bits per heavy atom. The van der Waals surface area contributed by atoms with Gasteiger partial charge in [0.15, 0.2) is 0 Å². The molecular formula is C13H15BrClN3. The maximum absolute atomic E-state index is 6.13. The minimum absolute atomic E-state index is 0.680. The second-order valence-electron chi connectivity index (χ2n) is 4.21. The highest BCUT2D eigenvalue weighted by Crippen LogP contribution is 2.32. The van der Waals surface area contributed by atoms with E-state index in [1.165, 1.54) is 0 Å². The SMILES string of the molecule is CCCc1c(-c2ccc(Br)c(Cl)c2)nn(C)c1N. The summed E-state index contributed by atoms with van der Waals surface area (Å²) in [6.45, 7) is 2.13. The van der Waals surface area contributed by atoms with Crippen LogP contribution in [-0.4, -0.2) is 9.78 Å². The number of hydrogen-bond acceptors (Lipinski definition) is 2. The molecule has 0 radical (unpaired) electrons. The standard InChI is InChI=1S/C13H15BrClN3/c1-3-4-9-12(17-18(2)13(9)16)8-5-6-10(14)11(15)7-8/h5-7H,3-4,16H2,1-2H3. The number of rotatable bonds is 3. The van der Waals surface area contributed by atoms with Gasteiger partial charge in [0.25, 0.3) is 0 Å². The Labute approximate surface area is 120 Å². The van der Waals surface area contributed by atoms with Gasteiger partial charge in [0.1, 0.15) is 5.82 Å². The van der Waals surface area contributed by atoms with Crippen molar-refractivity contribution < 1.29 is 0 Å². The average Bonchev–Trinajstić information content (AvgIpc) is 2.61. The van der Waals surface area contributed by atoms with Gasteiger partial charge in [-0.2, -0.15) is 5.10 Å². The van der Waals surface area contributed by atoms with Gasteiger partial charge in [-0.15, -0.1) is 0 Å². The van der Waals surface area contributed by atoms with Crippen molar-refractivity contribution in [1.82, 2.24) is 9.78 Å². The summed E-state index contributed by atoms with van der Waals surface area (Å²) in [6.07, 6.45) is 1.95. The average molecular weight is 329 g/mol. The summed E-state index contributed by atoms with van der Waals surface area (Å²) in [4.78, 5) is 0. The zero-order valence-electron chi connectivity index (χ0n) is 10.4. The number of hydrogen-bond donors (Lipinski definition) is 1. The van der Waals surface area contributed by atoms with Gasteiger partial charge in [-0.05, 0) is 34.5 Å². The maximum atomic E-state index is 6.13. The molecule has 0 aliphatic heterocycles. The molecule has 0 amide bonds. The molecule has 5 heteroatoms. The molecule has 0 fully saturated rings. The number of aryl methyl sites for hydroxylation is 1. The summed E-state index contributed by atoms with van der Waals surface area (Å²) >= 11 is 9.52.